The zero-order valence-corrected chi connectivity index (χ0v) is 20.5. The van der Waals surface area contributed by atoms with Gasteiger partial charge in [-0.05, 0) is 37.1 Å². The lowest BCUT2D eigenvalue weighted by Crippen LogP contribution is -2.48. The van der Waals surface area contributed by atoms with Crippen LogP contribution < -0.4 is 15.4 Å². The topological polar surface area (TPSA) is 191 Å². The Bertz CT molecular complexity index is 1210. The summed E-state index contributed by atoms with van der Waals surface area (Å²) in [5.41, 5.74) is 0.550. The standard InChI is InChI=1S/C22H27FN6O7S/c23-15-1-3-17(4-2-15)37(35,36)28-22(34)29-9-6-14(7-10-29)20(31)25-8-5-19(30)27-18(21(32)33)11-16-12-24-13-26-16/h1-4,12-14,18H,5-11H2,(H,24,26)(H,25,31)(H,27,30)(H,28,34)(H,32,33). The Hall–Kier alpha value is -4.01. The number of halogens is 1. The van der Waals surface area contributed by atoms with Crippen molar-refractivity contribution in [1.82, 2.24) is 30.2 Å². The summed E-state index contributed by atoms with van der Waals surface area (Å²) in [6, 6.07) is 2.04. The lowest BCUT2D eigenvalue weighted by molar-refractivity contribution is -0.141. The van der Waals surface area contributed by atoms with E-state index < -0.39 is 45.7 Å². The minimum atomic E-state index is -4.17. The largest absolute Gasteiger partial charge is 0.480 e. The minimum absolute atomic E-state index is 0.00230. The SMILES string of the molecule is O=C(CCNC(=O)C1CCN(C(=O)NS(=O)(=O)c2ccc(F)cc2)CC1)NC(Cc1cnc[nH]1)C(=O)O. The number of carbonyl (C=O) groups excluding carboxylic acids is 3. The third kappa shape index (κ3) is 7.99. The van der Waals surface area contributed by atoms with Crippen molar-refractivity contribution in [1.29, 1.82) is 0 Å². The number of aromatic nitrogens is 2. The van der Waals surface area contributed by atoms with Crippen LogP contribution in [0.5, 0.6) is 0 Å². The molecule has 5 N–H and O–H groups in total. The van der Waals surface area contributed by atoms with Crippen LogP contribution in [0, 0.1) is 11.7 Å². The Morgan fingerprint density at radius 2 is 1.84 bits per heavy atom. The number of aromatic amines is 1. The number of carbonyl (C=O) groups is 4. The van der Waals surface area contributed by atoms with Crippen molar-refractivity contribution in [3.8, 4) is 0 Å². The van der Waals surface area contributed by atoms with Gasteiger partial charge >= 0.3 is 12.0 Å². The van der Waals surface area contributed by atoms with E-state index in [-0.39, 0.29) is 56.1 Å². The number of rotatable bonds is 10. The maximum absolute atomic E-state index is 13.0. The maximum Gasteiger partial charge on any atom is 0.331 e. The van der Waals surface area contributed by atoms with Gasteiger partial charge in [0.05, 0.1) is 11.2 Å². The van der Waals surface area contributed by atoms with Gasteiger partial charge < -0.3 is 25.6 Å². The average Bonchev–Trinajstić information content (AvgIpc) is 3.37. The van der Waals surface area contributed by atoms with E-state index in [9.17, 15) is 37.1 Å². The van der Waals surface area contributed by atoms with Crippen molar-refractivity contribution >= 4 is 33.8 Å². The number of benzene rings is 1. The quantitative estimate of drug-likeness (QED) is 0.279. The number of aliphatic carboxylic acids is 1. The number of likely N-dealkylation sites (tertiary alicyclic amines) is 1. The van der Waals surface area contributed by atoms with E-state index in [1.165, 1.54) is 17.4 Å². The molecule has 4 amide bonds. The molecule has 0 radical (unpaired) electrons. The molecule has 0 saturated carbocycles. The average molecular weight is 539 g/mol. The third-order valence-electron chi connectivity index (χ3n) is 5.76. The molecule has 1 unspecified atom stereocenters. The van der Waals surface area contributed by atoms with Gasteiger partial charge in [-0.25, -0.2) is 32.1 Å². The number of hydrogen-bond acceptors (Lipinski definition) is 7. The Kier molecular flexibility index (Phi) is 9.16. The van der Waals surface area contributed by atoms with Gasteiger partial charge in [0, 0.05) is 50.3 Å². The molecule has 2 aromatic rings. The van der Waals surface area contributed by atoms with E-state index >= 15 is 0 Å². The zero-order valence-electron chi connectivity index (χ0n) is 19.6. The summed E-state index contributed by atoms with van der Waals surface area (Å²) in [6.07, 6.45) is 3.34. The van der Waals surface area contributed by atoms with E-state index in [1.807, 2.05) is 4.72 Å². The van der Waals surface area contributed by atoms with Crippen molar-refractivity contribution in [3.05, 3.63) is 48.3 Å². The van der Waals surface area contributed by atoms with E-state index in [0.29, 0.717) is 5.69 Å². The molecule has 1 aliphatic heterocycles. The zero-order chi connectivity index (χ0) is 27.0. The fourth-order valence-electron chi connectivity index (χ4n) is 3.72. The summed E-state index contributed by atoms with van der Waals surface area (Å²) in [6.45, 7) is 0.270. The monoisotopic (exact) mass is 538 g/mol. The summed E-state index contributed by atoms with van der Waals surface area (Å²) in [5.74, 6) is -3.11. The van der Waals surface area contributed by atoms with Crippen molar-refractivity contribution in [2.45, 2.75) is 36.6 Å². The lowest BCUT2D eigenvalue weighted by atomic mass is 9.96. The molecule has 1 aromatic carbocycles. The second-order valence-electron chi connectivity index (χ2n) is 8.41. The van der Waals surface area contributed by atoms with Crippen LogP contribution >= 0.6 is 0 Å². The second kappa shape index (κ2) is 12.3. The first-order valence-electron chi connectivity index (χ1n) is 11.4. The van der Waals surface area contributed by atoms with E-state index in [4.69, 9.17) is 0 Å². The molecule has 0 spiro atoms. The van der Waals surface area contributed by atoms with Gasteiger partial charge in [0.1, 0.15) is 11.9 Å². The maximum atomic E-state index is 13.0. The van der Waals surface area contributed by atoms with Crippen molar-refractivity contribution in [2.24, 2.45) is 5.92 Å². The third-order valence-corrected chi connectivity index (χ3v) is 7.10. The normalized spacial score (nSPS) is 15.0. The van der Waals surface area contributed by atoms with Crippen molar-refractivity contribution in [2.75, 3.05) is 19.6 Å². The van der Waals surface area contributed by atoms with E-state index in [0.717, 1.165) is 24.3 Å². The van der Waals surface area contributed by atoms with Gasteiger partial charge in [0.15, 0.2) is 0 Å². The van der Waals surface area contributed by atoms with E-state index in [1.54, 1.807) is 0 Å². The number of H-pyrrole nitrogens is 1. The first-order chi connectivity index (χ1) is 17.5. The van der Waals surface area contributed by atoms with Crippen LogP contribution in [0.2, 0.25) is 0 Å². The Morgan fingerprint density at radius 1 is 1.16 bits per heavy atom. The molecule has 2 heterocycles. The molecule has 0 aliphatic carbocycles. The molecule has 1 saturated heterocycles. The number of imidazole rings is 1. The predicted octanol–water partition coefficient (Wildman–Crippen LogP) is -0.0225. The first kappa shape index (κ1) is 27.6. The molecule has 13 nitrogen and oxygen atoms in total. The van der Waals surface area contributed by atoms with Gasteiger partial charge in [-0.2, -0.15) is 0 Å². The molecular weight excluding hydrogens is 511 g/mol. The molecule has 1 atom stereocenters. The summed E-state index contributed by atoms with van der Waals surface area (Å²) >= 11 is 0. The molecule has 200 valence electrons. The number of carboxylic acid groups (broad SMARTS) is 1. The number of hydrogen-bond donors (Lipinski definition) is 5. The summed E-state index contributed by atoms with van der Waals surface area (Å²) in [4.78, 5) is 55.9. The Morgan fingerprint density at radius 3 is 2.43 bits per heavy atom. The van der Waals surface area contributed by atoms with Crippen LogP contribution in [-0.2, 0) is 30.8 Å². The van der Waals surface area contributed by atoms with Crippen molar-refractivity contribution < 1.29 is 37.1 Å². The highest BCUT2D eigenvalue weighted by Gasteiger charge is 2.29. The number of amides is 4. The minimum Gasteiger partial charge on any atom is -0.480 e. The smallest absolute Gasteiger partial charge is 0.331 e. The molecule has 3 rings (SSSR count). The van der Waals surface area contributed by atoms with Crippen LogP contribution in [0.3, 0.4) is 0 Å². The summed E-state index contributed by atoms with van der Waals surface area (Å²) in [7, 11) is -4.17. The predicted molar refractivity (Wildman–Crippen MR) is 126 cm³/mol. The Balaban J connectivity index is 1.38. The number of urea groups is 1. The number of nitrogens with one attached hydrogen (secondary N) is 4. The molecule has 1 aliphatic rings. The van der Waals surface area contributed by atoms with Crippen LogP contribution in [0.25, 0.3) is 0 Å². The highest BCUT2D eigenvalue weighted by Crippen LogP contribution is 2.18. The number of piperidine rings is 1. The molecule has 15 heteroatoms. The number of sulfonamides is 1. The highest BCUT2D eigenvalue weighted by atomic mass is 32.2. The summed E-state index contributed by atoms with van der Waals surface area (Å²) < 4.78 is 39.6. The fourth-order valence-corrected chi connectivity index (χ4v) is 4.69. The van der Waals surface area contributed by atoms with Crippen molar-refractivity contribution in [3.63, 3.8) is 0 Å². The van der Waals surface area contributed by atoms with Gasteiger partial charge in [0.2, 0.25) is 11.8 Å². The van der Waals surface area contributed by atoms with Gasteiger partial charge in [-0.15, -0.1) is 0 Å². The first-order valence-corrected chi connectivity index (χ1v) is 12.9. The molecule has 0 bridgehead atoms. The van der Waals surface area contributed by atoms with Gasteiger partial charge in [-0.1, -0.05) is 0 Å². The molecule has 1 fully saturated rings. The molecule has 37 heavy (non-hydrogen) atoms. The molecule has 1 aromatic heterocycles. The highest BCUT2D eigenvalue weighted by molar-refractivity contribution is 7.90. The lowest BCUT2D eigenvalue weighted by Gasteiger charge is -2.31. The Labute approximate surface area is 211 Å². The number of carboxylic acids is 1. The molecular formula is C22H27FN6O7S. The van der Waals surface area contributed by atoms with Crippen LogP contribution in [-0.4, -0.2) is 77.9 Å². The van der Waals surface area contributed by atoms with Gasteiger partial charge in [-0.3, -0.25) is 9.59 Å². The number of nitrogens with zero attached hydrogens (tertiary/aromatic N) is 2. The van der Waals surface area contributed by atoms with Crippen LogP contribution in [0.1, 0.15) is 25.0 Å². The fraction of sp³-hybridized carbons (Fsp3) is 0.409. The van der Waals surface area contributed by atoms with E-state index in [2.05, 4.69) is 20.6 Å². The van der Waals surface area contributed by atoms with Crippen LogP contribution in [0.4, 0.5) is 9.18 Å². The second-order valence-corrected chi connectivity index (χ2v) is 10.1. The van der Waals surface area contributed by atoms with Gasteiger partial charge in [0.25, 0.3) is 10.0 Å². The van der Waals surface area contributed by atoms with Crippen LogP contribution in [0.15, 0.2) is 41.7 Å². The summed E-state index contributed by atoms with van der Waals surface area (Å²) in [5, 5.41) is 14.3.